The zero-order chi connectivity index (χ0) is 13.6. The first kappa shape index (κ1) is 12.8. The highest BCUT2D eigenvalue weighted by atomic mass is 35.5. The first-order chi connectivity index (χ1) is 8.95. The Labute approximate surface area is 116 Å². The van der Waals surface area contributed by atoms with Crippen LogP contribution in [0.4, 0.5) is 0 Å². The number of hydrogen-bond acceptors (Lipinski definition) is 3. The topological polar surface area (TPSA) is 59.1 Å². The van der Waals surface area contributed by atoms with Crippen molar-refractivity contribution in [2.24, 2.45) is 5.92 Å². The molecule has 1 saturated carbocycles. The molecule has 2 atom stereocenters. The van der Waals surface area contributed by atoms with Gasteiger partial charge in [0.25, 0.3) is 0 Å². The van der Waals surface area contributed by atoms with Crippen LogP contribution in [0.3, 0.4) is 0 Å². The summed E-state index contributed by atoms with van der Waals surface area (Å²) < 4.78 is 27.1. The van der Waals surface area contributed by atoms with Crippen LogP contribution in [0.15, 0.2) is 35.2 Å². The van der Waals surface area contributed by atoms with E-state index in [1.54, 1.807) is 30.3 Å². The maximum Gasteiger partial charge on any atom is 0.240 e. The second-order valence-electron chi connectivity index (χ2n) is 4.93. The van der Waals surface area contributed by atoms with E-state index < -0.39 is 10.0 Å². The number of benzene rings is 1. The molecule has 1 aromatic carbocycles. The van der Waals surface area contributed by atoms with Crippen molar-refractivity contribution in [3.8, 4) is 0 Å². The molecule has 0 bridgehead atoms. The van der Waals surface area contributed by atoms with Crippen molar-refractivity contribution in [1.82, 2.24) is 9.71 Å². The Balaban J connectivity index is 1.98. The lowest BCUT2D eigenvalue weighted by atomic mass is 10.2. The summed E-state index contributed by atoms with van der Waals surface area (Å²) in [7, 11) is -3.44. The molecule has 2 aromatic rings. The van der Waals surface area contributed by atoms with Crippen molar-refractivity contribution >= 4 is 32.5 Å². The van der Waals surface area contributed by atoms with E-state index >= 15 is 0 Å². The fourth-order valence-electron chi connectivity index (χ4n) is 2.00. The molecule has 19 heavy (non-hydrogen) atoms. The van der Waals surface area contributed by atoms with Crippen LogP contribution in [0.1, 0.15) is 13.3 Å². The molecular formula is C13H13ClN2O2S. The van der Waals surface area contributed by atoms with Crippen LogP contribution in [0.5, 0.6) is 0 Å². The van der Waals surface area contributed by atoms with Gasteiger partial charge in [-0.05, 0) is 42.7 Å². The monoisotopic (exact) mass is 296 g/mol. The number of rotatable bonds is 3. The molecule has 100 valence electrons. The highest BCUT2D eigenvalue weighted by Crippen LogP contribution is 2.31. The van der Waals surface area contributed by atoms with Gasteiger partial charge < -0.3 is 0 Å². The molecule has 2 unspecified atom stereocenters. The second-order valence-corrected chi connectivity index (χ2v) is 7.03. The van der Waals surface area contributed by atoms with Gasteiger partial charge in [0.15, 0.2) is 0 Å². The Morgan fingerprint density at radius 3 is 2.74 bits per heavy atom. The summed E-state index contributed by atoms with van der Waals surface area (Å²) in [5.74, 6) is 0.427. The van der Waals surface area contributed by atoms with E-state index in [0.717, 1.165) is 11.8 Å². The second kappa shape index (κ2) is 4.44. The number of fused-ring (bicyclic) bond motifs is 1. The van der Waals surface area contributed by atoms with Crippen molar-refractivity contribution in [3.05, 3.63) is 35.5 Å². The number of nitrogens with zero attached hydrogens (tertiary/aromatic N) is 1. The van der Waals surface area contributed by atoms with Crippen molar-refractivity contribution in [2.45, 2.75) is 24.3 Å². The van der Waals surface area contributed by atoms with Crippen LogP contribution in [0.2, 0.25) is 5.15 Å². The molecule has 0 saturated heterocycles. The summed E-state index contributed by atoms with van der Waals surface area (Å²) in [6.07, 6.45) is 0.907. The van der Waals surface area contributed by atoms with Crippen LogP contribution >= 0.6 is 11.6 Å². The average Bonchev–Trinajstić information content (AvgIpc) is 3.03. The van der Waals surface area contributed by atoms with Crippen molar-refractivity contribution in [3.63, 3.8) is 0 Å². The minimum absolute atomic E-state index is 0.0732. The predicted octanol–water partition coefficient (Wildman–Crippen LogP) is 2.57. The van der Waals surface area contributed by atoms with Crippen molar-refractivity contribution < 1.29 is 8.42 Å². The zero-order valence-electron chi connectivity index (χ0n) is 10.3. The van der Waals surface area contributed by atoms with E-state index in [2.05, 4.69) is 9.71 Å². The Kier molecular flexibility index (Phi) is 3.00. The molecule has 3 rings (SSSR count). The van der Waals surface area contributed by atoms with E-state index in [-0.39, 0.29) is 10.9 Å². The molecule has 0 radical (unpaired) electrons. The number of nitrogens with one attached hydrogen (secondary N) is 1. The summed E-state index contributed by atoms with van der Waals surface area (Å²) in [5, 5.41) is 1.16. The minimum Gasteiger partial charge on any atom is -0.236 e. The van der Waals surface area contributed by atoms with E-state index in [9.17, 15) is 8.42 Å². The van der Waals surface area contributed by atoms with E-state index in [1.807, 2.05) is 6.92 Å². The first-order valence-electron chi connectivity index (χ1n) is 6.04. The number of pyridine rings is 1. The Bertz CT molecular complexity index is 745. The fourth-order valence-corrected chi connectivity index (χ4v) is 3.55. The van der Waals surface area contributed by atoms with Crippen molar-refractivity contribution in [1.29, 1.82) is 0 Å². The standard InChI is InChI=1S/C13H13ClN2O2S/c1-8-6-12(8)16-19(17,18)10-3-4-11-9(7-10)2-5-13(14)15-11/h2-5,7-8,12,16H,6H2,1H3. The molecule has 0 spiro atoms. The lowest BCUT2D eigenvalue weighted by Gasteiger charge is -2.07. The normalized spacial score (nSPS) is 22.6. The van der Waals surface area contributed by atoms with Crippen LogP contribution in [0.25, 0.3) is 10.9 Å². The Morgan fingerprint density at radius 1 is 1.32 bits per heavy atom. The third-order valence-electron chi connectivity index (χ3n) is 3.35. The van der Waals surface area contributed by atoms with Crippen LogP contribution < -0.4 is 4.72 Å². The van der Waals surface area contributed by atoms with Gasteiger partial charge in [0.1, 0.15) is 5.15 Å². The predicted molar refractivity (Wildman–Crippen MR) is 74.6 cm³/mol. The molecular weight excluding hydrogens is 284 g/mol. The smallest absolute Gasteiger partial charge is 0.236 e. The molecule has 0 amide bonds. The van der Waals surface area contributed by atoms with E-state index in [1.165, 1.54) is 0 Å². The molecule has 4 nitrogen and oxygen atoms in total. The zero-order valence-corrected chi connectivity index (χ0v) is 11.9. The third kappa shape index (κ3) is 2.59. The summed E-state index contributed by atoms with van der Waals surface area (Å²) in [6.45, 7) is 2.03. The number of aromatic nitrogens is 1. The Morgan fingerprint density at radius 2 is 2.05 bits per heavy atom. The highest BCUT2D eigenvalue weighted by molar-refractivity contribution is 7.89. The summed E-state index contributed by atoms with van der Waals surface area (Å²) in [4.78, 5) is 4.40. The van der Waals surface area contributed by atoms with Crippen LogP contribution in [-0.2, 0) is 10.0 Å². The van der Waals surface area contributed by atoms with E-state index in [4.69, 9.17) is 11.6 Å². The maximum absolute atomic E-state index is 12.2. The van der Waals surface area contributed by atoms with Gasteiger partial charge in [-0.15, -0.1) is 0 Å². The van der Waals surface area contributed by atoms with Crippen LogP contribution in [-0.4, -0.2) is 19.4 Å². The lowest BCUT2D eigenvalue weighted by Crippen LogP contribution is -2.26. The molecule has 0 aliphatic heterocycles. The van der Waals surface area contributed by atoms with Gasteiger partial charge >= 0.3 is 0 Å². The molecule has 1 fully saturated rings. The largest absolute Gasteiger partial charge is 0.240 e. The summed E-state index contributed by atoms with van der Waals surface area (Å²) in [5.41, 5.74) is 0.686. The first-order valence-corrected chi connectivity index (χ1v) is 7.90. The summed E-state index contributed by atoms with van der Waals surface area (Å²) >= 11 is 5.80. The van der Waals surface area contributed by atoms with Gasteiger partial charge in [-0.1, -0.05) is 18.5 Å². The molecule has 1 aliphatic rings. The minimum atomic E-state index is -3.44. The van der Waals surface area contributed by atoms with Gasteiger partial charge in [0.2, 0.25) is 10.0 Å². The van der Waals surface area contributed by atoms with E-state index in [0.29, 0.717) is 16.6 Å². The van der Waals surface area contributed by atoms with Gasteiger partial charge in [0.05, 0.1) is 10.4 Å². The lowest BCUT2D eigenvalue weighted by molar-refractivity contribution is 0.578. The van der Waals surface area contributed by atoms with Gasteiger partial charge in [-0.2, -0.15) is 0 Å². The molecule has 1 N–H and O–H groups in total. The molecule has 1 aromatic heterocycles. The van der Waals surface area contributed by atoms with Gasteiger partial charge in [-0.25, -0.2) is 18.1 Å². The average molecular weight is 297 g/mol. The van der Waals surface area contributed by atoms with Crippen molar-refractivity contribution in [2.75, 3.05) is 0 Å². The van der Waals surface area contributed by atoms with Crippen LogP contribution in [0, 0.1) is 5.92 Å². The summed E-state index contributed by atoms with van der Waals surface area (Å²) in [6, 6.07) is 8.34. The van der Waals surface area contributed by atoms with Gasteiger partial charge in [-0.3, -0.25) is 0 Å². The SMILES string of the molecule is CC1CC1NS(=O)(=O)c1ccc2nc(Cl)ccc2c1. The number of hydrogen-bond donors (Lipinski definition) is 1. The highest BCUT2D eigenvalue weighted by Gasteiger charge is 2.36. The number of sulfonamides is 1. The maximum atomic E-state index is 12.2. The third-order valence-corrected chi connectivity index (χ3v) is 5.05. The van der Waals surface area contributed by atoms with Gasteiger partial charge in [0, 0.05) is 11.4 Å². The number of halogens is 1. The quantitative estimate of drug-likeness (QED) is 0.886. The fraction of sp³-hybridized carbons (Fsp3) is 0.308. The molecule has 1 aliphatic carbocycles. The Hall–Kier alpha value is -1.17. The molecule has 6 heteroatoms. The molecule has 1 heterocycles.